The highest BCUT2D eigenvalue weighted by atomic mass is 32.3. The maximum absolute atomic E-state index is 11.0. The van der Waals surface area contributed by atoms with E-state index in [1.807, 2.05) is 0 Å². The Bertz CT molecular complexity index is 660. The first-order chi connectivity index (χ1) is 7.21. The van der Waals surface area contributed by atoms with Gasteiger partial charge < -0.3 is 14.1 Å². The molecule has 0 radical (unpaired) electrons. The van der Waals surface area contributed by atoms with Crippen LogP contribution in [0.5, 0.6) is 11.5 Å². The second-order valence-electron chi connectivity index (χ2n) is 2.86. The first-order valence-electron chi connectivity index (χ1n) is 3.74. The molecular weight excluding hydrogens is 262 g/mol. The summed E-state index contributed by atoms with van der Waals surface area (Å²) < 4.78 is 61.2. The van der Waals surface area contributed by atoms with Crippen molar-refractivity contribution in [2.75, 3.05) is 5.73 Å². The Labute approximate surface area is 90.7 Å². The zero-order chi connectivity index (χ0) is 12.1. The molecule has 1 aliphatic heterocycles. The smallest absolute Gasteiger partial charge is 0.397 e. The molecule has 1 aliphatic rings. The Kier molecular flexibility index (Phi) is 2.05. The van der Waals surface area contributed by atoms with E-state index < -0.39 is 31.2 Å². The summed E-state index contributed by atoms with van der Waals surface area (Å²) in [6.45, 7) is 0. The minimum atomic E-state index is -4.70. The van der Waals surface area contributed by atoms with Crippen molar-refractivity contribution in [1.29, 1.82) is 0 Å². The van der Waals surface area contributed by atoms with Gasteiger partial charge in [0.1, 0.15) is 0 Å². The molecule has 0 saturated carbocycles. The van der Waals surface area contributed by atoms with Crippen molar-refractivity contribution in [2.24, 2.45) is 0 Å². The molecule has 0 saturated heterocycles. The molecule has 0 bridgehead atoms. The zero-order valence-corrected chi connectivity index (χ0v) is 9.08. The highest BCUT2D eigenvalue weighted by Crippen LogP contribution is 2.43. The van der Waals surface area contributed by atoms with E-state index in [-0.39, 0.29) is 11.4 Å². The molecule has 0 aliphatic carbocycles. The molecule has 0 atom stereocenters. The predicted molar refractivity (Wildman–Crippen MR) is 50.8 cm³/mol. The molecule has 1 heterocycles. The van der Waals surface area contributed by atoms with Gasteiger partial charge in [-0.25, -0.2) is 0 Å². The normalized spacial score (nSPS) is 17.3. The third-order valence-electron chi connectivity index (χ3n) is 1.74. The lowest BCUT2D eigenvalue weighted by Crippen LogP contribution is -2.09. The minimum Gasteiger partial charge on any atom is -0.397 e. The van der Waals surface area contributed by atoms with Crippen molar-refractivity contribution in [3.05, 3.63) is 12.1 Å². The molecule has 16 heavy (non-hydrogen) atoms. The van der Waals surface area contributed by atoms with E-state index in [0.29, 0.717) is 0 Å². The highest BCUT2D eigenvalue weighted by Gasteiger charge is 2.36. The van der Waals surface area contributed by atoms with Crippen LogP contribution in [-0.4, -0.2) is 21.4 Å². The van der Waals surface area contributed by atoms with Crippen LogP contribution < -0.4 is 14.1 Å². The largest absolute Gasteiger partial charge is 0.501 e. The second-order valence-corrected chi connectivity index (χ2v) is 5.37. The van der Waals surface area contributed by atoms with Gasteiger partial charge in [-0.1, -0.05) is 0 Å². The van der Waals surface area contributed by atoms with Crippen LogP contribution in [0.1, 0.15) is 0 Å². The van der Waals surface area contributed by atoms with E-state index in [1.54, 1.807) is 0 Å². The first kappa shape index (κ1) is 11.0. The number of nitrogens with two attached hydrogens (primary N) is 1. The van der Waals surface area contributed by atoms with E-state index in [1.165, 1.54) is 0 Å². The van der Waals surface area contributed by atoms with Gasteiger partial charge in [0.25, 0.3) is 0 Å². The lowest BCUT2D eigenvalue weighted by atomic mass is 10.3. The molecule has 0 aromatic heterocycles. The first-order valence-corrected chi connectivity index (χ1v) is 6.52. The van der Waals surface area contributed by atoms with Crippen molar-refractivity contribution in [3.63, 3.8) is 0 Å². The standard InChI is InChI=1S/C6H5NO7S2/c7-3-1-2-4-5(6(3)15(8,9)10)14-16(11,12)13-4/h1-2H,7H2,(H,8,9,10). The van der Waals surface area contributed by atoms with Gasteiger partial charge >= 0.3 is 20.5 Å². The summed E-state index contributed by atoms with van der Waals surface area (Å²) >= 11 is 0. The Morgan fingerprint density at radius 1 is 1.25 bits per heavy atom. The van der Waals surface area contributed by atoms with Crippen molar-refractivity contribution in [2.45, 2.75) is 4.90 Å². The Hall–Kier alpha value is -1.52. The number of fused-ring (bicyclic) bond motifs is 1. The van der Waals surface area contributed by atoms with Crippen LogP contribution in [0.4, 0.5) is 5.69 Å². The Morgan fingerprint density at radius 2 is 1.88 bits per heavy atom. The van der Waals surface area contributed by atoms with Crippen molar-refractivity contribution in [3.8, 4) is 11.5 Å². The topological polar surface area (TPSA) is 133 Å². The molecule has 88 valence electrons. The van der Waals surface area contributed by atoms with E-state index in [2.05, 4.69) is 8.37 Å². The number of rotatable bonds is 1. The van der Waals surface area contributed by atoms with Crippen LogP contribution in [0.2, 0.25) is 0 Å². The van der Waals surface area contributed by atoms with Gasteiger partial charge in [-0.2, -0.15) is 8.42 Å². The fourth-order valence-corrected chi connectivity index (χ4v) is 2.75. The quantitative estimate of drug-likeness (QED) is 0.515. The average molecular weight is 267 g/mol. The van der Waals surface area contributed by atoms with Gasteiger partial charge in [-0.05, 0) is 12.1 Å². The van der Waals surface area contributed by atoms with Crippen LogP contribution in [0.3, 0.4) is 0 Å². The number of benzene rings is 1. The van der Waals surface area contributed by atoms with E-state index in [9.17, 15) is 16.8 Å². The average Bonchev–Trinajstić information content (AvgIpc) is 2.35. The molecule has 8 nitrogen and oxygen atoms in total. The summed E-state index contributed by atoms with van der Waals surface area (Å²) in [5, 5.41) is 0. The minimum absolute atomic E-state index is 0.345. The number of hydrogen-bond donors (Lipinski definition) is 2. The third kappa shape index (κ3) is 1.66. The fourth-order valence-electron chi connectivity index (χ4n) is 1.20. The van der Waals surface area contributed by atoms with Crippen LogP contribution in [-0.2, 0) is 20.5 Å². The van der Waals surface area contributed by atoms with Crippen LogP contribution in [0.25, 0.3) is 0 Å². The highest BCUT2D eigenvalue weighted by molar-refractivity contribution is 7.86. The fraction of sp³-hybridized carbons (Fsp3) is 0. The molecular formula is C6H5NO7S2. The summed E-state index contributed by atoms with van der Waals surface area (Å²) in [5.74, 6) is -0.982. The zero-order valence-electron chi connectivity index (χ0n) is 7.45. The summed E-state index contributed by atoms with van der Waals surface area (Å²) in [6, 6.07) is 2.19. The lowest BCUT2D eigenvalue weighted by Gasteiger charge is -2.03. The number of anilines is 1. The molecule has 0 spiro atoms. The van der Waals surface area contributed by atoms with E-state index in [4.69, 9.17) is 10.3 Å². The maximum Gasteiger partial charge on any atom is 0.501 e. The summed E-state index contributed by atoms with van der Waals surface area (Å²) in [4.78, 5) is -0.828. The molecule has 3 N–H and O–H groups in total. The third-order valence-corrected chi connectivity index (χ3v) is 3.43. The van der Waals surface area contributed by atoms with E-state index >= 15 is 0 Å². The predicted octanol–water partition coefficient (Wildman–Crippen LogP) is -0.468. The van der Waals surface area contributed by atoms with E-state index in [0.717, 1.165) is 12.1 Å². The Morgan fingerprint density at radius 3 is 2.44 bits per heavy atom. The summed E-state index contributed by atoms with van der Waals surface area (Å²) in [6.07, 6.45) is 0. The number of hydrogen-bond acceptors (Lipinski definition) is 7. The van der Waals surface area contributed by atoms with Gasteiger partial charge in [-0.15, -0.1) is 8.42 Å². The molecule has 0 unspecified atom stereocenters. The molecule has 2 rings (SSSR count). The van der Waals surface area contributed by atoms with Gasteiger partial charge in [0.15, 0.2) is 10.6 Å². The van der Waals surface area contributed by atoms with Gasteiger partial charge in [0, 0.05) is 0 Å². The molecule has 1 aromatic carbocycles. The monoisotopic (exact) mass is 267 g/mol. The van der Waals surface area contributed by atoms with Crippen molar-refractivity contribution < 1.29 is 29.8 Å². The van der Waals surface area contributed by atoms with Crippen LogP contribution in [0.15, 0.2) is 17.0 Å². The number of nitrogen functional groups attached to an aromatic ring is 1. The van der Waals surface area contributed by atoms with Crippen LogP contribution >= 0.6 is 0 Å². The van der Waals surface area contributed by atoms with Crippen molar-refractivity contribution in [1.82, 2.24) is 0 Å². The van der Waals surface area contributed by atoms with Crippen LogP contribution in [0, 0.1) is 0 Å². The van der Waals surface area contributed by atoms with Crippen molar-refractivity contribution >= 4 is 26.2 Å². The maximum atomic E-state index is 11.0. The molecule has 0 fully saturated rings. The second kappa shape index (κ2) is 2.99. The van der Waals surface area contributed by atoms with Gasteiger partial charge in [0.05, 0.1) is 5.69 Å². The summed E-state index contributed by atoms with van der Waals surface area (Å²) in [7, 11) is -9.04. The SMILES string of the molecule is Nc1ccc2c(c1S(=O)(=O)O)OS(=O)(=O)O2. The van der Waals surface area contributed by atoms with Gasteiger partial charge in [-0.3, -0.25) is 4.55 Å². The summed E-state index contributed by atoms with van der Waals surface area (Å²) in [5.41, 5.74) is 4.95. The molecule has 1 aromatic rings. The molecule has 0 amide bonds. The Balaban J connectivity index is 2.80. The van der Waals surface area contributed by atoms with Gasteiger partial charge in [0.2, 0.25) is 5.75 Å². The lowest BCUT2D eigenvalue weighted by molar-refractivity contribution is 0.433. The molecule has 10 heteroatoms.